The number of nitrogens with zero attached hydrogens (tertiary/aromatic N) is 1. The number of rotatable bonds is 2. The minimum absolute atomic E-state index is 0.819. The van der Waals surface area contributed by atoms with E-state index >= 15 is 0 Å². The van der Waals surface area contributed by atoms with Gasteiger partial charge in [0.25, 0.3) is 0 Å². The number of hydrogen-bond donors (Lipinski definition) is 1. The van der Waals surface area contributed by atoms with E-state index in [0.717, 1.165) is 30.1 Å². The van der Waals surface area contributed by atoms with Crippen LogP contribution in [-0.4, -0.2) is 36.1 Å². The molecule has 3 aliphatic rings. The van der Waals surface area contributed by atoms with Crippen LogP contribution in [0, 0.1) is 5.92 Å². The molecule has 1 saturated carbocycles. The fraction of sp³-hybridized carbons (Fsp3) is 1.00. The highest BCUT2D eigenvalue weighted by Crippen LogP contribution is 2.35. The zero-order chi connectivity index (χ0) is 11.1. The molecule has 2 heterocycles. The number of piperidine rings is 1. The SMILES string of the molecule is CC1CCCC1NC1CC2CCC(C1)N2C. The zero-order valence-corrected chi connectivity index (χ0v) is 10.8. The summed E-state index contributed by atoms with van der Waals surface area (Å²) in [7, 11) is 2.33. The average molecular weight is 222 g/mol. The Morgan fingerprint density at radius 2 is 1.69 bits per heavy atom. The first-order chi connectivity index (χ1) is 7.74. The Morgan fingerprint density at radius 1 is 1.00 bits per heavy atom. The summed E-state index contributed by atoms with van der Waals surface area (Å²) < 4.78 is 0. The van der Waals surface area contributed by atoms with Crippen LogP contribution in [0.1, 0.15) is 51.9 Å². The van der Waals surface area contributed by atoms with Crippen LogP contribution in [0.2, 0.25) is 0 Å². The Bertz CT molecular complexity index is 239. The maximum atomic E-state index is 3.96. The summed E-state index contributed by atoms with van der Waals surface area (Å²) in [5.74, 6) is 0.914. The highest BCUT2D eigenvalue weighted by atomic mass is 15.2. The van der Waals surface area contributed by atoms with Gasteiger partial charge < -0.3 is 10.2 Å². The van der Waals surface area contributed by atoms with E-state index in [1.54, 1.807) is 0 Å². The van der Waals surface area contributed by atoms with E-state index in [-0.39, 0.29) is 0 Å². The third-order valence-electron chi connectivity index (χ3n) is 5.41. The van der Waals surface area contributed by atoms with Crippen molar-refractivity contribution >= 4 is 0 Å². The number of fused-ring (bicyclic) bond motifs is 2. The van der Waals surface area contributed by atoms with E-state index < -0.39 is 0 Å². The Hall–Kier alpha value is -0.0800. The van der Waals surface area contributed by atoms with Gasteiger partial charge in [-0.3, -0.25) is 0 Å². The Morgan fingerprint density at radius 3 is 2.25 bits per heavy atom. The van der Waals surface area contributed by atoms with Crippen molar-refractivity contribution in [3.63, 3.8) is 0 Å². The molecular weight excluding hydrogens is 196 g/mol. The molecule has 1 aliphatic carbocycles. The van der Waals surface area contributed by atoms with Gasteiger partial charge in [-0.15, -0.1) is 0 Å². The highest BCUT2D eigenvalue weighted by molar-refractivity contribution is 4.97. The predicted molar refractivity (Wildman–Crippen MR) is 67.5 cm³/mol. The molecule has 0 aromatic carbocycles. The molecule has 0 aromatic heterocycles. The molecule has 2 saturated heterocycles. The lowest BCUT2D eigenvalue weighted by Gasteiger charge is -2.38. The monoisotopic (exact) mass is 222 g/mol. The first kappa shape index (κ1) is 11.0. The van der Waals surface area contributed by atoms with Crippen molar-refractivity contribution in [2.45, 2.75) is 76.0 Å². The lowest BCUT2D eigenvalue weighted by molar-refractivity contribution is 0.140. The molecule has 3 rings (SSSR count). The van der Waals surface area contributed by atoms with Crippen molar-refractivity contribution in [3.05, 3.63) is 0 Å². The lowest BCUT2D eigenvalue weighted by atomic mass is 9.95. The van der Waals surface area contributed by atoms with Crippen molar-refractivity contribution in [2.24, 2.45) is 5.92 Å². The average Bonchev–Trinajstić information content (AvgIpc) is 2.73. The van der Waals surface area contributed by atoms with E-state index in [9.17, 15) is 0 Å². The summed E-state index contributed by atoms with van der Waals surface area (Å²) in [6.07, 6.45) is 9.99. The summed E-state index contributed by atoms with van der Waals surface area (Å²) >= 11 is 0. The van der Waals surface area contributed by atoms with Crippen LogP contribution in [0.15, 0.2) is 0 Å². The molecule has 2 bridgehead atoms. The molecule has 4 atom stereocenters. The third-order valence-corrected chi connectivity index (χ3v) is 5.41. The Labute approximate surface area is 99.8 Å². The molecule has 4 unspecified atom stereocenters. The largest absolute Gasteiger partial charge is 0.311 e. The fourth-order valence-electron chi connectivity index (χ4n) is 4.24. The van der Waals surface area contributed by atoms with Crippen molar-refractivity contribution in [3.8, 4) is 0 Å². The predicted octanol–water partition coefficient (Wildman–Crippen LogP) is 2.39. The fourth-order valence-corrected chi connectivity index (χ4v) is 4.24. The van der Waals surface area contributed by atoms with Gasteiger partial charge in [-0.2, -0.15) is 0 Å². The molecule has 1 N–H and O–H groups in total. The number of hydrogen-bond acceptors (Lipinski definition) is 2. The Balaban J connectivity index is 1.57. The topological polar surface area (TPSA) is 15.3 Å². The van der Waals surface area contributed by atoms with E-state index in [2.05, 4.69) is 24.2 Å². The van der Waals surface area contributed by atoms with Crippen LogP contribution < -0.4 is 5.32 Å². The second kappa shape index (κ2) is 4.30. The molecule has 2 heteroatoms. The molecule has 3 fully saturated rings. The second-order valence-electron chi connectivity index (χ2n) is 6.40. The van der Waals surface area contributed by atoms with Crippen LogP contribution in [0.3, 0.4) is 0 Å². The maximum Gasteiger partial charge on any atom is 0.0111 e. The van der Waals surface area contributed by atoms with Crippen LogP contribution in [0.25, 0.3) is 0 Å². The van der Waals surface area contributed by atoms with Gasteiger partial charge in [-0.05, 0) is 51.5 Å². The molecular formula is C14H26N2. The van der Waals surface area contributed by atoms with Crippen LogP contribution >= 0.6 is 0 Å². The van der Waals surface area contributed by atoms with Gasteiger partial charge in [0, 0.05) is 24.2 Å². The van der Waals surface area contributed by atoms with Crippen LogP contribution in [0.5, 0.6) is 0 Å². The van der Waals surface area contributed by atoms with Gasteiger partial charge in [-0.25, -0.2) is 0 Å². The zero-order valence-electron chi connectivity index (χ0n) is 10.8. The van der Waals surface area contributed by atoms with Gasteiger partial charge in [0.05, 0.1) is 0 Å². The summed E-state index contributed by atoms with van der Waals surface area (Å²) in [5, 5.41) is 3.96. The summed E-state index contributed by atoms with van der Waals surface area (Å²) in [4.78, 5) is 2.64. The normalized spacial score (nSPS) is 48.8. The molecule has 92 valence electrons. The molecule has 16 heavy (non-hydrogen) atoms. The Kier molecular flexibility index (Phi) is 2.97. The molecule has 0 spiro atoms. The summed E-state index contributed by atoms with van der Waals surface area (Å²) in [6.45, 7) is 2.42. The van der Waals surface area contributed by atoms with Gasteiger partial charge in [0.15, 0.2) is 0 Å². The first-order valence-electron chi connectivity index (χ1n) is 7.22. The lowest BCUT2D eigenvalue weighted by Crippen LogP contribution is -2.50. The smallest absolute Gasteiger partial charge is 0.0111 e. The van der Waals surface area contributed by atoms with Gasteiger partial charge >= 0.3 is 0 Å². The molecule has 2 nitrogen and oxygen atoms in total. The molecule has 0 amide bonds. The van der Waals surface area contributed by atoms with Gasteiger partial charge in [0.1, 0.15) is 0 Å². The quantitative estimate of drug-likeness (QED) is 0.772. The minimum Gasteiger partial charge on any atom is -0.311 e. The van der Waals surface area contributed by atoms with Crippen LogP contribution in [0.4, 0.5) is 0 Å². The van der Waals surface area contributed by atoms with E-state index in [1.165, 1.54) is 44.9 Å². The summed E-state index contributed by atoms with van der Waals surface area (Å²) in [6, 6.07) is 3.41. The maximum absolute atomic E-state index is 3.96. The standard InChI is InChI=1S/C14H26N2/c1-10-4-3-5-14(10)15-11-8-12-6-7-13(9-11)16(12)2/h10-15H,3-9H2,1-2H3. The van der Waals surface area contributed by atoms with Crippen molar-refractivity contribution in [1.29, 1.82) is 0 Å². The van der Waals surface area contributed by atoms with Crippen molar-refractivity contribution < 1.29 is 0 Å². The van der Waals surface area contributed by atoms with Gasteiger partial charge in [-0.1, -0.05) is 13.3 Å². The molecule has 2 aliphatic heterocycles. The third kappa shape index (κ3) is 1.91. The highest BCUT2D eigenvalue weighted by Gasteiger charge is 2.39. The minimum atomic E-state index is 0.819. The molecule has 0 radical (unpaired) electrons. The number of nitrogens with one attached hydrogen (secondary N) is 1. The van der Waals surface area contributed by atoms with Crippen molar-refractivity contribution in [1.82, 2.24) is 10.2 Å². The van der Waals surface area contributed by atoms with E-state index in [4.69, 9.17) is 0 Å². The summed E-state index contributed by atoms with van der Waals surface area (Å²) in [5.41, 5.74) is 0. The second-order valence-corrected chi connectivity index (χ2v) is 6.40. The first-order valence-corrected chi connectivity index (χ1v) is 7.22. The molecule has 0 aromatic rings. The van der Waals surface area contributed by atoms with E-state index in [1.807, 2.05) is 0 Å². The van der Waals surface area contributed by atoms with E-state index in [0.29, 0.717) is 0 Å². The van der Waals surface area contributed by atoms with Gasteiger partial charge in [0.2, 0.25) is 0 Å². The van der Waals surface area contributed by atoms with Crippen LogP contribution in [-0.2, 0) is 0 Å². The van der Waals surface area contributed by atoms with Crippen molar-refractivity contribution in [2.75, 3.05) is 7.05 Å².